The maximum atomic E-state index is 11.1. The summed E-state index contributed by atoms with van der Waals surface area (Å²) in [5.41, 5.74) is 1.39. The minimum absolute atomic E-state index is 0.224. The van der Waals surface area contributed by atoms with Gasteiger partial charge in [0, 0.05) is 18.6 Å². The summed E-state index contributed by atoms with van der Waals surface area (Å²) in [6.07, 6.45) is 2.32. The molecule has 0 fully saturated rings. The predicted molar refractivity (Wildman–Crippen MR) is 63.4 cm³/mol. The molecule has 5 heteroatoms. The number of pyridine rings is 1. The van der Waals surface area contributed by atoms with Crippen molar-refractivity contribution >= 4 is 17.7 Å². The second-order valence-electron chi connectivity index (χ2n) is 3.16. The lowest BCUT2D eigenvalue weighted by molar-refractivity contribution is 0.0600. The van der Waals surface area contributed by atoms with Gasteiger partial charge < -0.3 is 9.84 Å². The molecule has 1 aromatic heterocycles. The van der Waals surface area contributed by atoms with E-state index in [1.807, 2.05) is 6.07 Å². The number of hydrogen-bond acceptors (Lipinski definition) is 5. The summed E-state index contributed by atoms with van der Waals surface area (Å²) in [7, 11) is 1.35. The molecule has 0 spiro atoms. The summed E-state index contributed by atoms with van der Waals surface area (Å²) in [6.45, 7) is 0.224. The Labute approximate surface area is 99.0 Å². The van der Waals surface area contributed by atoms with Crippen LogP contribution in [0.4, 0.5) is 0 Å². The van der Waals surface area contributed by atoms with Crippen molar-refractivity contribution < 1.29 is 14.6 Å². The smallest absolute Gasteiger partial charge is 0.339 e. The number of aromatic nitrogens is 1. The van der Waals surface area contributed by atoms with Crippen molar-refractivity contribution in [3.8, 4) is 0 Å². The molecule has 0 aliphatic rings. The van der Waals surface area contributed by atoms with Crippen molar-refractivity contribution in [2.24, 2.45) is 0 Å². The molecule has 1 N–H and O–H groups in total. The SMILES string of the molecule is COC(=O)c1ccc(CSCCCO)nc1. The van der Waals surface area contributed by atoms with Gasteiger partial charge in [-0.1, -0.05) is 0 Å². The zero-order valence-electron chi connectivity index (χ0n) is 9.18. The number of carbonyl (C=O) groups excluding carboxylic acids is 1. The quantitative estimate of drug-likeness (QED) is 0.604. The van der Waals surface area contributed by atoms with Crippen LogP contribution in [0.15, 0.2) is 18.3 Å². The van der Waals surface area contributed by atoms with Crippen LogP contribution in [0.5, 0.6) is 0 Å². The Bertz CT molecular complexity index is 327. The molecule has 0 saturated carbocycles. The van der Waals surface area contributed by atoms with Crippen LogP contribution in [-0.4, -0.2) is 35.5 Å². The molecule has 0 radical (unpaired) electrons. The van der Waals surface area contributed by atoms with Crippen LogP contribution >= 0.6 is 11.8 Å². The van der Waals surface area contributed by atoms with E-state index in [-0.39, 0.29) is 12.6 Å². The average molecular weight is 241 g/mol. The van der Waals surface area contributed by atoms with Crippen molar-refractivity contribution in [1.82, 2.24) is 4.98 Å². The summed E-state index contributed by atoms with van der Waals surface area (Å²) in [5.74, 6) is 1.34. The van der Waals surface area contributed by atoms with Gasteiger partial charge in [0.1, 0.15) is 0 Å². The first-order valence-electron chi connectivity index (χ1n) is 4.99. The number of rotatable bonds is 6. The third-order valence-electron chi connectivity index (χ3n) is 1.94. The van der Waals surface area contributed by atoms with Gasteiger partial charge in [-0.15, -0.1) is 0 Å². The van der Waals surface area contributed by atoms with E-state index in [2.05, 4.69) is 9.72 Å². The monoisotopic (exact) mass is 241 g/mol. The average Bonchev–Trinajstić information content (AvgIpc) is 2.34. The van der Waals surface area contributed by atoms with Crippen molar-refractivity contribution in [2.75, 3.05) is 19.5 Å². The number of ether oxygens (including phenoxy) is 1. The lowest BCUT2D eigenvalue weighted by atomic mass is 10.2. The number of thioether (sulfide) groups is 1. The molecule has 0 atom stereocenters. The number of hydrogen-bond donors (Lipinski definition) is 1. The topological polar surface area (TPSA) is 59.4 Å². The lowest BCUT2D eigenvalue weighted by Gasteiger charge is -2.02. The van der Waals surface area contributed by atoms with Gasteiger partial charge in [-0.05, 0) is 24.3 Å². The Kier molecular flexibility index (Phi) is 5.88. The van der Waals surface area contributed by atoms with Gasteiger partial charge >= 0.3 is 5.97 Å². The third kappa shape index (κ3) is 4.20. The number of nitrogens with zero attached hydrogens (tertiary/aromatic N) is 1. The van der Waals surface area contributed by atoms with Gasteiger partial charge in [-0.2, -0.15) is 11.8 Å². The maximum Gasteiger partial charge on any atom is 0.339 e. The highest BCUT2D eigenvalue weighted by Gasteiger charge is 2.05. The third-order valence-corrected chi connectivity index (χ3v) is 3.02. The fraction of sp³-hybridized carbons (Fsp3) is 0.455. The van der Waals surface area contributed by atoms with Gasteiger partial charge in [0.25, 0.3) is 0 Å². The molecule has 0 aliphatic carbocycles. The Hall–Kier alpha value is -1.07. The first-order valence-corrected chi connectivity index (χ1v) is 6.15. The Morgan fingerprint density at radius 3 is 2.94 bits per heavy atom. The number of esters is 1. The normalized spacial score (nSPS) is 10.1. The summed E-state index contributed by atoms with van der Waals surface area (Å²) in [6, 6.07) is 3.53. The zero-order chi connectivity index (χ0) is 11.8. The van der Waals surface area contributed by atoms with E-state index in [1.54, 1.807) is 17.8 Å². The molecular formula is C11H15NO3S. The highest BCUT2D eigenvalue weighted by molar-refractivity contribution is 7.98. The molecule has 1 rings (SSSR count). The lowest BCUT2D eigenvalue weighted by Crippen LogP contribution is -2.02. The van der Waals surface area contributed by atoms with Crippen molar-refractivity contribution in [3.63, 3.8) is 0 Å². The summed E-state index contributed by atoms with van der Waals surface area (Å²) < 4.78 is 4.58. The summed E-state index contributed by atoms with van der Waals surface area (Å²) >= 11 is 1.71. The van der Waals surface area contributed by atoms with Gasteiger partial charge in [-0.3, -0.25) is 4.98 Å². The number of aliphatic hydroxyl groups excluding tert-OH is 1. The molecule has 0 bridgehead atoms. The van der Waals surface area contributed by atoms with E-state index < -0.39 is 0 Å². The van der Waals surface area contributed by atoms with Gasteiger partial charge in [0.05, 0.1) is 18.4 Å². The van der Waals surface area contributed by atoms with E-state index in [1.165, 1.54) is 13.3 Å². The minimum atomic E-state index is -0.369. The first kappa shape index (κ1) is 13.0. The fourth-order valence-corrected chi connectivity index (χ4v) is 1.95. The van der Waals surface area contributed by atoms with E-state index in [9.17, 15) is 4.79 Å². The van der Waals surface area contributed by atoms with E-state index in [4.69, 9.17) is 5.11 Å². The largest absolute Gasteiger partial charge is 0.465 e. The van der Waals surface area contributed by atoms with Crippen molar-refractivity contribution in [1.29, 1.82) is 0 Å². The molecular weight excluding hydrogens is 226 g/mol. The van der Waals surface area contributed by atoms with Crippen LogP contribution in [0.2, 0.25) is 0 Å². The molecule has 1 heterocycles. The number of aliphatic hydroxyl groups is 1. The van der Waals surface area contributed by atoms with Gasteiger partial charge in [0.2, 0.25) is 0 Å². The molecule has 0 saturated heterocycles. The Balaban J connectivity index is 2.42. The second-order valence-corrected chi connectivity index (χ2v) is 4.26. The van der Waals surface area contributed by atoms with Crippen molar-refractivity contribution in [2.45, 2.75) is 12.2 Å². The zero-order valence-corrected chi connectivity index (χ0v) is 10.00. The van der Waals surface area contributed by atoms with Crippen LogP contribution < -0.4 is 0 Å². The number of methoxy groups -OCH3 is 1. The van der Waals surface area contributed by atoms with Crippen LogP contribution in [0.25, 0.3) is 0 Å². The fourth-order valence-electron chi connectivity index (χ4n) is 1.09. The molecule has 0 aliphatic heterocycles. The van der Waals surface area contributed by atoms with Gasteiger partial charge in [0.15, 0.2) is 0 Å². The maximum absolute atomic E-state index is 11.1. The molecule has 1 aromatic rings. The Morgan fingerprint density at radius 2 is 2.38 bits per heavy atom. The minimum Gasteiger partial charge on any atom is -0.465 e. The van der Waals surface area contributed by atoms with Crippen LogP contribution in [0, 0.1) is 0 Å². The summed E-state index contributed by atoms with van der Waals surface area (Å²) in [4.78, 5) is 15.3. The molecule has 0 amide bonds. The highest BCUT2D eigenvalue weighted by atomic mass is 32.2. The van der Waals surface area contributed by atoms with E-state index in [0.717, 1.165) is 23.6 Å². The molecule has 16 heavy (non-hydrogen) atoms. The summed E-state index contributed by atoms with van der Waals surface area (Å²) in [5, 5.41) is 8.61. The Morgan fingerprint density at radius 1 is 1.56 bits per heavy atom. The highest BCUT2D eigenvalue weighted by Crippen LogP contribution is 2.11. The van der Waals surface area contributed by atoms with Gasteiger partial charge in [-0.25, -0.2) is 4.79 Å². The molecule has 4 nitrogen and oxygen atoms in total. The van der Waals surface area contributed by atoms with Crippen LogP contribution in [0.3, 0.4) is 0 Å². The van der Waals surface area contributed by atoms with E-state index in [0.29, 0.717) is 5.56 Å². The standard InChI is InChI=1S/C11H15NO3S/c1-15-11(14)9-3-4-10(12-7-9)8-16-6-2-5-13/h3-4,7,13H,2,5-6,8H2,1H3. The molecule has 0 aromatic carbocycles. The van der Waals surface area contributed by atoms with Crippen molar-refractivity contribution in [3.05, 3.63) is 29.6 Å². The molecule has 88 valence electrons. The predicted octanol–water partition coefficient (Wildman–Crippen LogP) is 1.48. The van der Waals surface area contributed by atoms with Crippen LogP contribution in [-0.2, 0) is 10.5 Å². The van der Waals surface area contributed by atoms with Crippen LogP contribution in [0.1, 0.15) is 22.5 Å². The number of carbonyl (C=O) groups is 1. The molecule has 0 unspecified atom stereocenters. The van der Waals surface area contributed by atoms with E-state index >= 15 is 0 Å². The first-order chi connectivity index (χ1) is 7.77. The second kappa shape index (κ2) is 7.24.